The fourth-order valence-corrected chi connectivity index (χ4v) is 1.98. The largest absolute Gasteiger partial charge is 0.459 e. The molecule has 0 radical (unpaired) electrons. The Labute approximate surface area is 111 Å². The first-order chi connectivity index (χ1) is 8.70. The van der Waals surface area contributed by atoms with Crippen LogP contribution in [0.1, 0.15) is 35.5 Å². The quantitative estimate of drug-likeness (QED) is 0.911. The average molecular weight is 264 g/mol. The smallest absolute Gasteiger partial charge is 0.287 e. The van der Waals surface area contributed by atoms with Gasteiger partial charge in [-0.3, -0.25) is 4.79 Å². The SMILES string of the molecule is CCC(NC(=O)c1ccco1)c1cccc(Cl)c1. The minimum atomic E-state index is -0.216. The summed E-state index contributed by atoms with van der Waals surface area (Å²) in [4.78, 5) is 11.9. The van der Waals surface area contributed by atoms with Crippen LogP contribution < -0.4 is 5.32 Å². The van der Waals surface area contributed by atoms with Crippen molar-refractivity contribution in [1.29, 1.82) is 0 Å². The van der Waals surface area contributed by atoms with Gasteiger partial charge in [0, 0.05) is 5.02 Å². The van der Waals surface area contributed by atoms with E-state index in [1.54, 1.807) is 12.1 Å². The van der Waals surface area contributed by atoms with Crippen LogP contribution in [-0.2, 0) is 0 Å². The van der Waals surface area contributed by atoms with Crippen LogP contribution in [0.15, 0.2) is 47.1 Å². The lowest BCUT2D eigenvalue weighted by Gasteiger charge is -2.16. The van der Waals surface area contributed by atoms with Gasteiger partial charge in [0.05, 0.1) is 12.3 Å². The lowest BCUT2D eigenvalue weighted by atomic mass is 10.0. The van der Waals surface area contributed by atoms with Crippen LogP contribution >= 0.6 is 11.6 Å². The van der Waals surface area contributed by atoms with Gasteiger partial charge in [-0.15, -0.1) is 0 Å². The van der Waals surface area contributed by atoms with E-state index in [4.69, 9.17) is 16.0 Å². The third-order valence-corrected chi connectivity index (χ3v) is 2.94. The van der Waals surface area contributed by atoms with E-state index in [-0.39, 0.29) is 11.9 Å². The van der Waals surface area contributed by atoms with Gasteiger partial charge in [-0.25, -0.2) is 0 Å². The fraction of sp³-hybridized carbons (Fsp3) is 0.214. The monoisotopic (exact) mass is 263 g/mol. The molecule has 2 rings (SSSR count). The molecule has 2 aromatic rings. The standard InChI is InChI=1S/C14H14ClNO2/c1-2-12(10-5-3-6-11(15)9-10)16-14(17)13-7-4-8-18-13/h3-9,12H,2H2,1H3,(H,16,17). The molecule has 1 aromatic heterocycles. The Kier molecular flexibility index (Phi) is 4.05. The molecule has 1 unspecified atom stereocenters. The number of hydrogen-bond acceptors (Lipinski definition) is 2. The van der Waals surface area contributed by atoms with Crippen molar-refractivity contribution in [2.24, 2.45) is 0 Å². The summed E-state index contributed by atoms with van der Waals surface area (Å²) in [6.07, 6.45) is 2.27. The molecule has 0 spiro atoms. The first-order valence-electron chi connectivity index (χ1n) is 5.80. The molecule has 0 saturated carbocycles. The van der Waals surface area contributed by atoms with Crippen molar-refractivity contribution >= 4 is 17.5 Å². The van der Waals surface area contributed by atoms with Crippen molar-refractivity contribution in [2.75, 3.05) is 0 Å². The number of carbonyl (C=O) groups is 1. The molecule has 0 aliphatic rings. The second kappa shape index (κ2) is 5.74. The molecule has 1 atom stereocenters. The van der Waals surface area contributed by atoms with Gasteiger partial charge < -0.3 is 9.73 Å². The molecule has 1 N–H and O–H groups in total. The molecule has 0 aliphatic heterocycles. The predicted molar refractivity (Wildman–Crippen MR) is 70.7 cm³/mol. The minimum Gasteiger partial charge on any atom is -0.459 e. The number of nitrogens with one attached hydrogen (secondary N) is 1. The second-order valence-electron chi connectivity index (χ2n) is 3.97. The Morgan fingerprint density at radius 2 is 2.22 bits per heavy atom. The van der Waals surface area contributed by atoms with E-state index in [1.165, 1.54) is 6.26 Å². The Morgan fingerprint density at radius 3 is 2.83 bits per heavy atom. The molecule has 0 fully saturated rings. The molecule has 1 amide bonds. The van der Waals surface area contributed by atoms with Crippen molar-refractivity contribution in [3.8, 4) is 0 Å². The summed E-state index contributed by atoms with van der Waals surface area (Å²) in [7, 11) is 0. The highest BCUT2D eigenvalue weighted by Crippen LogP contribution is 2.20. The molecule has 3 nitrogen and oxygen atoms in total. The summed E-state index contributed by atoms with van der Waals surface area (Å²) in [6, 6.07) is 10.8. The van der Waals surface area contributed by atoms with E-state index < -0.39 is 0 Å². The van der Waals surface area contributed by atoms with Gasteiger partial charge in [0.2, 0.25) is 0 Å². The maximum absolute atomic E-state index is 11.9. The van der Waals surface area contributed by atoms with Crippen molar-refractivity contribution in [1.82, 2.24) is 5.32 Å². The predicted octanol–water partition coefficient (Wildman–Crippen LogP) is 3.81. The van der Waals surface area contributed by atoms with Crippen LogP contribution in [0.25, 0.3) is 0 Å². The number of rotatable bonds is 4. The highest BCUT2D eigenvalue weighted by atomic mass is 35.5. The topological polar surface area (TPSA) is 42.2 Å². The lowest BCUT2D eigenvalue weighted by molar-refractivity contribution is 0.0907. The third kappa shape index (κ3) is 2.93. The molecule has 18 heavy (non-hydrogen) atoms. The van der Waals surface area contributed by atoms with E-state index in [0.29, 0.717) is 10.8 Å². The van der Waals surface area contributed by atoms with Gasteiger partial charge in [0.15, 0.2) is 5.76 Å². The van der Waals surface area contributed by atoms with Crippen LogP contribution in [0.4, 0.5) is 0 Å². The van der Waals surface area contributed by atoms with E-state index in [2.05, 4.69) is 5.32 Å². The molecule has 1 aromatic carbocycles. The molecule has 4 heteroatoms. The van der Waals surface area contributed by atoms with Crippen LogP contribution in [0.2, 0.25) is 5.02 Å². The molecule has 94 valence electrons. The Balaban J connectivity index is 2.13. The summed E-state index contributed by atoms with van der Waals surface area (Å²) in [5, 5.41) is 3.59. The van der Waals surface area contributed by atoms with Gasteiger partial charge in [0.25, 0.3) is 5.91 Å². The van der Waals surface area contributed by atoms with E-state index in [9.17, 15) is 4.79 Å². The summed E-state index contributed by atoms with van der Waals surface area (Å²) in [5.41, 5.74) is 0.991. The summed E-state index contributed by atoms with van der Waals surface area (Å²) in [6.45, 7) is 2.01. The Morgan fingerprint density at radius 1 is 1.39 bits per heavy atom. The first kappa shape index (κ1) is 12.7. The summed E-state index contributed by atoms with van der Waals surface area (Å²) >= 11 is 5.95. The molecular formula is C14H14ClNO2. The molecular weight excluding hydrogens is 250 g/mol. The molecule has 0 bridgehead atoms. The summed E-state index contributed by atoms with van der Waals surface area (Å²) < 4.78 is 5.06. The van der Waals surface area contributed by atoms with Crippen LogP contribution in [0.3, 0.4) is 0 Å². The maximum Gasteiger partial charge on any atom is 0.287 e. The highest BCUT2D eigenvalue weighted by molar-refractivity contribution is 6.30. The number of halogens is 1. The maximum atomic E-state index is 11.9. The number of hydrogen-bond donors (Lipinski definition) is 1. The zero-order valence-corrected chi connectivity index (χ0v) is 10.8. The minimum absolute atomic E-state index is 0.0682. The van der Waals surface area contributed by atoms with Crippen molar-refractivity contribution in [2.45, 2.75) is 19.4 Å². The molecule has 0 saturated heterocycles. The van der Waals surface area contributed by atoms with Gasteiger partial charge in [-0.2, -0.15) is 0 Å². The first-order valence-corrected chi connectivity index (χ1v) is 6.18. The van der Waals surface area contributed by atoms with E-state index >= 15 is 0 Å². The zero-order valence-electron chi connectivity index (χ0n) is 10.0. The second-order valence-corrected chi connectivity index (χ2v) is 4.40. The Hall–Kier alpha value is -1.74. The number of amides is 1. The van der Waals surface area contributed by atoms with Crippen molar-refractivity contribution in [3.63, 3.8) is 0 Å². The van der Waals surface area contributed by atoms with Gasteiger partial charge in [-0.05, 0) is 36.2 Å². The van der Waals surface area contributed by atoms with Crippen molar-refractivity contribution < 1.29 is 9.21 Å². The zero-order chi connectivity index (χ0) is 13.0. The number of benzene rings is 1. The Bertz CT molecular complexity index is 522. The normalized spacial score (nSPS) is 12.1. The summed E-state index contributed by atoms with van der Waals surface area (Å²) in [5.74, 6) is 0.0994. The van der Waals surface area contributed by atoms with Crippen molar-refractivity contribution in [3.05, 3.63) is 59.0 Å². The van der Waals surface area contributed by atoms with Gasteiger partial charge in [-0.1, -0.05) is 30.7 Å². The van der Waals surface area contributed by atoms with Crippen LogP contribution in [-0.4, -0.2) is 5.91 Å². The molecule has 1 heterocycles. The van der Waals surface area contributed by atoms with Gasteiger partial charge in [0.1, 0.15) is 0 Å². The average Bonchev–Trinajstić information content (AvgIpc) is 2.89. The van der Waals surface area contributed by atoms with Crippen LogP contribution in [0.5, 0.6) is 0 Å². The molecule has 0 aliphatic carbocycles. The number of carbonyl (C=O) groups excluding carboxylic acids is 1. The third-order valence-electron chi connectivity index (χ3n) is 2.71. The lowest BCUT2D eigenvalue weighted by Crippen LogP contribution is -2.27. The van der Waals surface area contributed by atoms with Crippen LogP contribution in [0, 0.1) is 0 Å². The van der Waals surface area contributed by atoms with Gasteiger partial charge >= 0.3 is 0 Å². The number of furan rings is 1. The van der Waals surface area contributed by atoms with E-state index in [1.807, 2.05) is 31.2 Å². The fourth-order valence-electron chi connectivity index (χ4n) is 1.78. The van der Waals surface area contributed by atoms with E-state index in [0.717, 1.165) is 12.0 Å². The highest BCUT2D eigenvalue weighted by Gasteiger charge is 2.15.